The fraction of sp³-hybridized carbons (Fsp3) is 0.300. The molecule has 0 saturated carbocycles. The Bertz CT molecular complexity index is 865. The summed E-state index contributed by atoms with van der Waals surface area (Å²) in [5, 5.41) is 2.83. The number of methoxy groups -OCH3 is 1. The predicted molar refractivity (Wildman–Crippen MR) is 101 cm³/mol. The number of hydrogen-bond donors (Lipinski definition) is 1. The Labute approximate surface area is 157 Å². The number of fused-ring (bicyclic) bond motifs is 1. The molecule has 2 amide bonds. The van der Waals surface area contributed by atoms with Crippen LogP contribution < -0.4 is 24.4 Å². The minimum Gasteiger partial charge on any atom is -0.495 e. The number of nitrogens with zero attached hydrogens (tertiary/aromatic N) is 1. The van der Waals surface area contributed by atoms with Crippen molar-refractivity contribution < 1.29 is 23.8 Å². The van der Waals surface area contributed by atoms with E-state index in [1.54, 1.807) is 30.2 Å². The number of hydrogen-bond acceptors (Lipinski definition) is 5. The maximum Gasteiger partial charge on any atom is 0.251 e. The molecule has 142 valence electrons. The van der Waals surface area contributed by atoms with Crippen LogP contribution in [0.5, 0.6) is 17.2 Å². The molecule has 7 heteroatoms. The lowest BCUT2D eigenvalue weighted by atomic mass is 10.1. The standard InChI is InChI=1S/C20H22N2O5/c1-13-4-6-17(25-3)16(10-13)22(14(2)23)9-8-21-20(24)15-5-7-18-19(11-15)27-12-26-18/h4-7,10-11H,8-9,12H2,1-3H3,(H,21,24). The molecule has 0 spiro atoms. The van der Waals surface area contributed by atoms with Crippen molar-refractivity contribution in [2.24, 2.45) is 0 Å². The molecule has 0 radical (unpaired) electrons. The van der Waals surface area contributed by atoms with E-state index in [-0.39, 0.29) is 18.6 Å². The third-order valence-corrected chi connectivity index (χ3v) is 4.26. The van der Waals surface area contributed by atoms with Gasteiger partial charge in [0.15, 0.2) is 11.5 Å². The Hall–Kier alpha value is -3.22. The van der Waals surface area contributed by atoms with Crippen molar-refractivity contribution in [1.82, 2.24) is 5.32 Å². The van der Waals surface area contributed by atoms with Crippen molar-refractivity contribution in [2.45, 2.75) is 13.8 Å². The summed E-state index contributed by atoms with van der Waals surface area (Å²) in [6, 6.07) is 10.7. The second kappa shape index (κ2) is 7.99. The van der Waals surface area contributed by atoms with E-state index < -0.39 is 0 Å². The maximum absolute atomic E-state index is 12.4. The fourth-order valence-corrected chi connectivity index (χ4v) is 2.88. The van der Waals surface area contributed by atoms with Crippen molar-refractivity contribution in [3.05, 3.63) is 47.5 Å². The third-order valence-electron chi connectivity index (χ3n) is 4.26. The van der Waals surface area contributed by atoms with Gasteiger partial charge in [0.05, 0.1) is 12.8 Å². The van der Waals surface area contributed by atoms with E-state index in [1.807, 2.05) is 25.1 Å². The van der Waals surface area contributed by atoms with Crippen molar-refractivity contribution in [3.63, 3.8) is 0 Å². The highest BCUT2D eigenvalue weighted by molar-refractivity contribution is 5.95. The lowest BCUT2D eigenvalue weighted by Crippen LogP contribution is -2.37. The summed E-state index contributed by atoms with van der Waals surface area (Å²) in [6.45, 7) is 4.21. The summed E-state index contributed by atoms with van der Waals surface area (Å²) in [6.07, 6.45) is 0. The van der Waals surface area contributed by atoms with Gasteiger partial charge in [-0.25, -0.2) is 0 Å². The van der Waals surface area contributed by atoms with Crippen molar-refractivity contribution in [1.29, 1.82) is 0 Å². The van der Waals surface area contributed by atoms with Crippen molar-refractivity contribution in [2.75, 3.05) is 31.9 Å². The van der Waals surface area contributed by atoms with Gasteiger partial charge < -0.3 is 24.4 Å². The van der Waals surface area contributed by atoms with Gasteiger partial charge in [0.1, 0.15) is 5.75 Å². The smallest absolute Gasteiger partial charge is 0.251 e. The van der Waals surface area contributed by atoms with Gasteiger partial charge in [0.25, 0.3) is 5.91 Å². The Kier molecular flexibility index (Phi) is 5.49. The van der Waals surface area contributed by atoms with Crippen LogP contribution in [0.3, 0.4) is 0 Å². The molecule has 7 nitrogen and oxygen atoms in total. The molecular weight excluding hydrogens is 348 g/mol. The zero-order valence-electron chi connectivity index (χ0n) is 15.6. The molecule has 2 aromatic rings. The molecule has 0 bridgehead atoms. The lowest BCUT2D eigenvalue weighted by Gasteiger charge is -2.24. The zero-order valence-corrected chi connectivity index (χ0v) is 15.6. The van der Waals surface area contributed by atoms with Crippen LogP contribution in [0.15, 0.2) is 36.4 Å². The Morgan fingerprint density at radius 1 is 1.15 bits per heavy atom. The summed E-state index contributed by atoms with van der Waals surface area (Å²) in [4.78, 5) is 26.1. The van der Waals surface area contributed by atoms with Gasteiger partial charge in [-0.1, -0.05) is 6.07 Å². The van der Waals surface area contributed by atoms with Crippen molar-refractivity contribution in [3.8, 4) is 17.2 Å². The number of nitrogens with one attached hydrogen (secondary N) is 1. The van der Waals surface area contributed by atoms with Crippen LogP contribution in [-0.2, 0) is 4.79 Å². The minimum atomic E-state index is -0.243. The maximum atomic E-state index is 12.4. The lowest BCUT2D eigenvalue weighted by molar-refractivity contribution is -0.116. The Balaban J connectivity index is 1.66. The van der Waals surface area contributed by atoms with Gasteiger partial charge in [0, 0.05) is 25.6 Å². The van der Waals surface area contributed by atoms with Crippen LogP contribution >= 0.6 is 0 Å². The van der Waals surface area contributed by atoms with Gasteiger partial charge in [-0.2, -0.15) is 0 Å². The topological polar surface area (TPSA) is 77.1 Å². The molecule has 0 unspecified atom stereocenters. The number of amides is 2. The molecule has 0 atom stereocenters. The first-order valence-corrected chi connectivity index (χ1v) is 8.60. The first kappa shape index (κ1) is 18.6. The molecule has 1 aliphatic heterocycles. The molecule has 1 heterocycles. The van der Waals surface area contributed by atoms with Gasteiger partial charge in [-0.3, -0.25) is 9.59 Å². The largest absolute Gasteiger partial charge is 0.495 e. The SMILES string of the molecule is COc1ccc(C)cc1N(CCNC(=O)c1ccc2c(c1)OCO2)C(C)=O. The first-order chi connectivity index (χ1) is 13.0. The quantitative estimate of drug-likeness (QED) is 0.845. The van der Waals surface area contributed by atoms with E-state index in [4.69, 9.17) is 14.2 Å². The predicted octanol–water partition coefficient (Wildman–Crippen LogP) is 2.52. The normalized spacial score (nSPS) is 11.8. The number of anilines is 1. The van der Waals surface area contributed by atoms with E-state index in [0.717, 1.165) is 5.56 Å². The number of aryl methyl sites for hydroxylation is 1. The van der Waals surface area contributed by atoms with Crippen LogP contribution in [0.25, 0.3) is 0 Å². The van der Waals surface area contributed by atoms with Crippen LogP contribution in [0.2, 0.25) is 0 Å². The van der Waals surface area contributed by atoms with Gasteiger partial charge in [0.2, 0.25) is 12.7 Å². The summed E-state index contributed by atoms with van der Waals surface area (Å²) >= 11 is 0. The number of carbonyl (C=O) groups is 2. The summed E-state index contributed by atoms with van der Waals surface area (Å²) in [7, 11) is 1.56. The van der Waals surface area contributed by atoms with Gasteiger partial charge >= 0.3 is 0 Å². The second-order valence-electron chi connectivity index (χ2n) is 6.17. The minimum absolute atomic E-state index is 0.128. The summed E-state index contributed by atoms with van der Waals surface area (Å²) in [5.74, 6) is 1.42. The zero-order chi connectivity index (χ0) is 19.4. The van der Waals surface area contributed by atoms with Gasteiger partial charge in [-0.15, -0.1) is 0 Å². The number of benzene rings is 2. The Morgan fingerprint density at radius 2 is 1.93 bits per heavy atom. The fourth-order valence-electron chi connectivity index (χ4n) is 2.88. The van der Waals surface area contributed by atoms with E-state index in [9.17, 15) is 9.59 Å². The summed E-state index contributed by atoms with van der Waals surface area (Å²) in [5.41, 5.74) is 2.17. The van der Waals surface area contributed by atoms with E-state index in [1.165, 1.54) is 6.92 Å². The van der Waals surface area contributed by atoms with Crippen LogP contribution in [0, 0.1) is 6.92 Å². The molecule has 0 fully saturated rings. The molecule has 0 aliphatic carbocycles. The molecular formula is C20H22N2O5. The number of carbonyl (C=O) groups excluding carboxylic acids is 2. The highest BCUT2D eigenvalue weighted by Crippen LogP contribution is 2.32. The van der Waals surface area contributed by atoms with E-state index in [2.05, 4.69) is 5.32 Å². The number of ether oxygens (including phenoxy) is 3. The van der Waals surface area contributed by atoms with E-state index in [0.29, 0.717) is 41.6 Å². The average molecular weight is 370 g/mol. The van der Waals surface area contributed by atoms with Gasteiger partial charge in [-0.05, 0) is 42.8 Å². The summed E-state index contributed by atoms with van der Waals surface area (Å²) < 4.78 is 15.9. The first-order valence-electron chi connectivity index (χ1n) is 8.60. The molecule has 2 aromatic carbocycles. The van der Waals surface area contributed by atoms with Crippen LogP contribution in [0.4, 0.5) is 5.69 Å². The highest BCUT2D eigenvalue weighted by atomic mass is 16.7. The molecule has 1 N–H and O–H groups in total. The van der Waals surface area contributed by atoms with Crippen LogP contribution in [0.1, 0.15) is 22.8 Å². The Morgan fingerprint density at radius 3 is 2.67 bits per heavy atom. The third kappa shape index (κ3) is 4.13. The molecule has 27 heavy (non-hydrogen) atoms. The monoisotopic (exact) mass is 370 g/mol. The molecule has 0 aromatic heterocycles. The average Bonchev–Trinajstić information content (AvgIpc) is 3.12. The van der Waals surface area contributed by atoms with E-state index >= 15 is 0 Å². The number of rotatable bonds is 6. The van der Waals surface area contributed by atoms with Crippen LogP contribution in [-0.4, -0.2) is 38.8 Å². The molecule has 1 aliphatic rings. The second-order valence-corrected chi connectivity index (χ2v) is 6.17. The van der Waals surface area contributed by atoms with Crippen molar-refractivity contribution >= 4 is 17.5 Å². The molecule has 0 saturated heterocycles. The highest BCUT2D eigenvalue weighted by Gasteiger charge is 2.18. The molecule has 3 rings (SSSR count).